The van der Waals surface area contributed by atoms with Crippen molar-refractivity contribution >= 4 is 56.2 Å². The van der Waals surface area contributed by atoms with Gasteiger partial charge in [-0.25, -0.2) is 0 Å². The lowest BCUT2D eigenvalue weighted by molar-refractivity contribution is -0.116. The van der Waals surface area contributed by atoms with Gasteiger partial charge in [-0.05, 0) is 42.3 Å². The minimum absolute atomic E-state index is 0.0266. The number of nitrogen functional groups attached to an aromatic ring is 1. The third-order valence-electron chi connectivity index (χ3n) is 3.37. The van der Waals surface area contributed by atoms with Gasteiger partial charge in [0.05, 0.1) is 22.1 Å². The monoisotopic (exact) mass is 365 g/mol. The highest BCUT2D eigenvalue weighted by Gasteiger charge is 2.17. The van der Waals surface area contributed by atoms with Crippen LogP contribution >= 0.6 is 27.5 Å². The molecule has 4 nitrogen and oxygen atoms in total. The third kappa shape index (κ3) is 2.99. The van der Waals surface area contributed by atoms with Crippen molar-refractivity contribution in [2.24, 2.45) is 0 Å². The number of carbonyl (C=O) groups excluding carboxylic acids is 1. The molecule has 0 unspecified atom stereocenters. The normalized spacial score (nSPS) is 13.5. The van der Waals surface area contributed by atoms with Crippen LogP contribution in [0.15, 0.2) is 34.8 Å². The molecule has 3 rings (SSSR count). The van der Waals surface area contributed by atoms with Crippen LogP contribution in [-0.2, 0) is 11.2 Å². The molecule has 6 heteroatoms. The van der Waals surface area contributed by atoms with Crippen molar-refractivity contribution in [3.63, 3.8) is 0 Å². The Morgan fingerprint density at radius 2 is 2.00 bits per heavy atom. The first kappa shape index (κ1) is 14.2. The first-order valence-electron chi connectivity index (χ1n) is 6.47. The van der Waals surface area contributed by atoms with Gasteiger partial charge in [0.25, 0.3) is 0 Å². The number of hydrogen-bond acceptors (Lipinski definition) is 3. The lowest BCUT2D eigenvalue weighted by Crippen LogP contribution is -2.19. The zero-order chi connectivity index (χ0) is 15.0. The van der Waals surface area contributed by atoms with Crippen LogP contribution < -0.4 is 16.4 Å². The zero-order valence-corrected chi connectivity index (χ0v) is 13.4. The second-order valence-electron chi connectivity index (χ2n) is 4.89. The van der Waals surface area contributed by atoms with E-state index in [1.165, 1.54) is 0 Å². The molecule has 4 N–H and O–H groups in total. The van der Waals surface area contributed by atoms with Crippen LogP contribution in [0.1, 0.15) is 12.0 Å². The standard InChI is InChI=1S/C15H13BrClN3O/c16-9-2-3-10(17)13(6-9)19-14-7-12-8(5-11(14)18)1-4-15(21)20-12/h2-3,5-7,19H,1,4,18H2,(H,20,21). The predicted octanol–water partition coefficient (Wildman–Crippen LogP) is 4.31. The van der Waals surface area contributed by atoms with E-state index in [0.29, 0.717) is 23.6 Å². The Kier molecular flexibility index (Phi) is 3.78. The molecule has 21 heavy (non-hydrogen) atoms. The second kappa shape index (κ2) is 5.58. The molecule has 0 fully saturated rings. The summed E-state index contributed by atoms with van der Waals surface area (Å²) in [7, 11) is 0. The van der Waals surface area contributed by atoms with E-state index in [2.05, 4.69) is 26.6 Å². The number of halogens is 2. The first-order valence-corrected chi connectivity index (χ1v) is 7.64. The van der Waals surface area contributed by atoms with Gasteiger partial charge >= 0.3 is 0 Å². The van der Waals surface area contributed by atoms with Gasteiger partial charge in [-0.15, -0.1) is 0 Å². The van der Waals surface area contributed by atoms with Gasteiger partial charge in [-0.1, -0.05) is 27.5 Å². The fourth-order valence-electron chi connectivity index (χ4n) is 2.29. The average Bonchev–Trinajstić information content (AvgIpc) is 2.44. The van der Waals surface area contributed by atoms with Crippen molar-refractivity contribution in [1.82, 2.24) is 0 Å². The molecule has 0 aliphatic carbocycles. The first-order chi connectivity index (χ1) is 10.0. The molecular formula is C15H13BrClN3O. The highest BCUT2D eigenvalue weighted by molar-refractivity contribution is 9.10. The highest BCUT2D eigenvalue weighted by atomic mass is 79.9. The average molecular weight is 367 g/mol. The SMILES string of the molecule is Nc1cc2c(cc1Nc1cc(Br)ccc1Cl)NC(=O)CC2. The lowest BCUT2D eigenvalue weighted by Gasteiger charge is -2.20. The summed E-state index contributed by atoms with van der Waals surface area (Å²) < 4.78 is 0.916. The van der Waals surface area contributed by atoms with Crippen LogP contribution in [0.4, 0.5) is 22.7 Å². The molecule has 0 aromatic heterocycles. The van der Waals surface area contributed by atoms with Gasteiger partial charge in [0.15, 0.2) is 0 Å². The Hall–Kier alpha value is -1.72. The molecule has 0 saturated carbocycles. The smallest absolute Gasteiger partial charge is 0.224 e. The Morgan fingerprint density at radius 1 is 1.19 bits per heavy atom. The van der Waals surface area contributed by atoms with Gasteiger partial charge in [-0.3, -0.25) is 4.79 Å². The number of nitrogens with one attached hydrogen (secondary N) is 2. The van der Waals surface area contributed by atoms with E-state index in [1.807, 2.05) is 24.3 Å². The van der Waals surface area contributed by atoms with Crippen LogP contribution in [0.3, 0.4) is 0 Å². The largest absolute Gasteiger partial charge is 0.397 e. The van der Waals surface area contributed by atoms with Crippen molar-refractivity contribution in [2.75, 3.05) is 16.4 Å². The molecule has 0 bridgehead atoms. The quantitative estimate of drug-likeness (QED) is 0.694. The molecule has 2 aromatic rings. The second-order valence-corrected chi connectivity index (χ2v) is 6.22. The Balaban J connectivity index is 1.97. The number of benzene rings is 2. The number of hydrogen-bond donors (Lipinski definition) is 3. The fourth-order valence-corrected chi connectivity index (χ4v) is 2.82. The summed E-state index contributed by atoms with van der Waals surface area (Å²) in [5.41, 5.74) is 10.0. The molecule has 1 heterocycles. The molecule has 0 spiro atoms. The number of aryl methyl sites for hydroxylation is 1. The maximum Gasteiger partial charge on any atom is 0.224 e. The highest BCUT2D eigenvalue weighted by Crippen LogP contribution is 2.35. The maximum absolute atomic E-state index is 11.5. The zero-order valence-electron chi connectivity index (χ0n) is 11.0. The van der Waals surface area contributed by atoms with E-state index >= 15 is 0 Å². The van der Waals surface area contributed by atoms with E-state index in [4.69, 9.17) is 17.3 Å². The summed E-state index contributed by atoms with van der Waals surface area (Å²) in [5.74, 6) is 0.0266. The van der Waals surface area contributed by atoms with Crippen molar-refractivity contribution < 1.29 is 4.79 Å². The molecule has 108 valence electrons. The number of fused-ring (bicyclic) bond motifs is 1. The summed E-state index contributed by atoms with van der Waals surface area (Å²) in [6.07, 6.45) is 1.21. The Bertz CT molecular complexity index is 733. The Morgan fingerprint density at radius 3 is 2.81 bits per heavy atom. The summed E-state index contributed by atoms with van der Waals surface area (Å²) >= 11 is 9.58. The summed E-state index contributed by atoms with van der Waals surface area (Å²) in [5, 5.41) is 6.67. The summed E-state index contributed by atoms with van der Waals surface area (Å²) in [6.45, 7) is 0. The van der Waals surface area contributed by atoms with Gasteiger partial charge in [0.1, 0.15) is 0 Å². The number of amides is 1. The predicted molar refractivity (Wildman–Crippen MR) is 90.2 cm³/mol. The van der Waals surface area contributed by atoms with Crippen molar-refractivity contribution in [2.45, 2.75) is 12.8 Å². The van der Waals surface area contributed by atoms with Crippen LogP contribution in [0, 0.1) is 0 Å². The fraction of sp³-hybridized carbons (Fsp3) is 0.133. The Labute approximate surface area is 135 Å². The molecule has 0 saturated heterocycles. The van der Waals surface area contributed by atoms with E-state index in [1.54, 1.807) is 6.07 Å². The molecule has 0 atom stereocenters. The van der Waals surface area contributed by atoms with E-state index < -0.39 is 0 Å². The molecular weight excluding hydrogens is 354 g/mol. The molecule has 0 radical (unpaired) electrons. The molecule has 1 amide bonds. The topological polar surface area (TPSA) is 67.2 Å². The molecule has 1 aliphatic rings. The minimum Gasteiger partial charge on any atom is -0.397 e. The lowest BCUT2D eigenvalue weighted by atomic mass is 10.0. The van der Waals surface area contributed by atoms with Crippen LogP contribution in [-0.4, -0.2) is 5.91 Å². The van der Waals surface area contributed by atoms with E-state index in [9.17, 15) is 4.79 Å². The number of carbonyl (C=O) groups is 1. The summed E-state index contributed by atoms with van der Waals surface area (Å²) in [4.78, 5) is 11.5. The van der Waals surface area contributed by atoms with E-state index in [0.717, 1.165) is 27.1 Å². The molecule has 1 aliphatic heterocycles. The van der Waals surface area contributed by atoms with Gasteiger partial charge in [0.2, 0.25) is 5.91 Å². The van der Waals surface area contributed by atoms with E-state index in [-0.39, 0.29) is 5.91 Å². The van der Waals surface area contributed by atoms with Crippen LogP contribution in [0.2, 0.25) is 5.02 Å². The van der Waals surface area contributed by atoms with Gasteiger partial charge in [0, 0.05) is 16.6 Å². The number of anilines is 4. The minimum atomic E-state index is 0.0266. The van der Waals surface area contributed by atoms with Crippen molar-refractivity contribution in [3.05, 3.63) is 45.4 Å². The number of rotatable bonds is 2. The van der Waals surface area contributed by atoms with Crippen LogP contribution in [0.5, 0.6) is 0 Å². The number of nitrogens with two attached hydrogens (primary N) is 1. The molecule has 2 aromatic carbocycles. The van der Waals surface area contributed by atoms with Gasteiger partial charge < -0.3 is 16.4 Å². The van der Waals surface area contributed by atoms with Crippen molar-refractivity contribution in [1.29, 1.82) is 0 Å². The third-order valence-corrected chi connectivity index (χ3v) is 4.19. The maximum atomic E-state index is 11.5. The van der Waals surface area contributed by atoms with Crippen LogP contribution in [0.25, 0.3) is 0 Å². The van der Waals surface area contributed by atoms with Crippen molar-refractivity contribution in [3.8, 4) is 0 Å². The van der Waals surface area contributed by atoms with Gasteiger partial charge in [-0.2, -0.15) is 0 Å². The summed E-state index contributed by atoms with van der Waals surface area (Å²) in [6, 6.07) is 9.27.